The highest BCUT2D eigenvalue weighted by molar-refractivity contribution is 5.24. The summed E-state index contributed by atoms with van der Waals surface area (Å²) in [5, 5.41) is 18.3. The van der Waals surface area contributed by atoms with Crippen molar-refractivity contribution >= 4 is 0 Å². The van der Waals surface area contributed by atoms with Crippen LogP contribution in [0.5, 0.6) is 0 Å². The van der Waals surface area contributed by atoms with E-state index in [0.717, 1.165) is 24.3 Å². The smallest absolute Gasteiger partial charge is 0.0804 e. The van der Waals surface area contributed by atoms with Crippen molar-refractivity contribution < 1.29 is 5.11 Å². The molecule has 2 N–H and O–H groups in total. The molecule has 1 heterocycles. The van der Waals surface area contributed by atoms with Crippen molar-refractivity contribution in [2.24, 2.45) is 0 Å². The summed E-state index contributed by atoms with van der Waals surface area (Å²) < 4.78 is 2.04. The zero-order chi connectivity index (χ0) is 16.1. The molecular formula is C18H27N3O. The molecule has 0 amide bonds. The van der Waals surface area contributed by atoms with Crippen molar-refractivity contribution in [1.29, 1.82) is 0 Å². The molecule has 4 heteroatoms. The number of aliphatic hydroxyl groups is 1. The van der Waals surface area contributed by atoms with Gasteiger partial charge < -0.3 is 10.4 Å². The van der Waals surface area contributed by atoms with Crippen LogP contribution < -0.4 is 5.32 Å². The number of hydrogen-bond acceptors (Lipinski definition) is 3. The Kier molecular flexibility index (Phi) is 5.75. The molecule has 0 saturated heterocycles. The van der Waals surface area contributed by atoms with Gasteiger partial charge in [0, 0.05) is 30.4 Å². The minimum absolute atomic E-state index is 0.235. The topological polar surface area (TPSA) is 50.1 Å². The molecule has 0 aliphatic carbocycles. The highest BCUT2D eigenvalue weighted by Gasteiger charge is 2.14. The summed E-state index contributed by atoms with van der Waals surface area (Å²) in [5.41, 5.74) is 4.55. The molecule has 2 atom stereocenters. The summed E-state index contributed by atoms with van der Waals surface area (Å²) >= 11 is 0. The summed E-state index contributed by atoms with van der Waals surface area (Å²) in [6.07, 6.45) is 0.272. The summed E-state index contributed by atoms with van der Waals surface area (Å²) in [6, 6.07) is 10.1. The van der Waals surface area contributed by atoms with E-state index in [9.17, 15) is 5.11 Å². The second-order valence-corrected chi connectivity index (χ2v) is 5.91. The van der Waals surface area contributed by atoms with Crippen molar-refractivity contribution in [1.82, 2.24) is 15.1 Å². The summed E-state index contributed by atoms with van der Waals surface area (Å²) in [7, 11) is 0. The first-order valence-electron chi connectivity index (χ1n) is 8.02. The molecule has 0 radical (unpaired) electrons. The fourth-order valence-corrected chi connectivity index (χ4v) is 2.80. The molecule has 1 aromatic heterocycles. The SMILES string of the molecule is CCn1nc(C)c(CNC(C)CC(O)c2ccccc2)c1C. The molecule has 2 aromatic rings. The third-order valence-electron chi connectivity index (χ3n) is 4.22. The minimum atomic E-state index is -0.427. The summed E-state index contributed by atoms with van der Waals surface area (Å²) in [6.45, 7) is 10.1. The first-order valence-corrected chi connectivity index (χ1v) is 8.02. The monoisotopic (exact) mass is 301 g/mol. The quantitative estimate of drug-likeness (QED) is 0.826. The van der Waals surface area contributed by atoms with Gasteiger partial charge in [-0.15, -0.1) is 0 Å². The number of aryl methyl sites for hydroxylation is 2. The van der Waals surface area contributed by atoms with Gasteiger partial charge in [-0.2, -0.15) is 5.10 Å². The fraction of sp³-hybridized carbons (Fsp3) is 0.500. The number of aromatic nitrogens is 2. The average molecular weight is 301 g/mol. The Balaban J connectivity index is 1.90. The Morgan fingerprint density at radius 1 is 1.23 bits per heavy atom. The van der Waals surface area contributed by atoms with E-state index in [-0.39, 0.29) is 6.04 Å². The molecule has 22 heavy (non-hydrogen) atoms. The number of hydrogen-bond donors (Lipinski definition) is 2. The number of benzene rings is 1. The summed E-state index contributed by atoms with van der Waals surface area (Å²) in [5.74, 6) is 0. The molecular weight excluding hydrogens is 274 g/mol. The normalized spacial score (nSPS) is 14.0. The van der Waals surface area contributed by atoms with Crippen LogP contribution in [-0.4, -0.2) is 20.9 Å². The molecule has 0 fully saturated rings. The van der Waals surface area contributed by atoms with Crippen molar-refractivity contribution in [3.05, 3.63) is 52.8 Å². The van der Waals surface area contributed by atoms with Gasteiger partial charge in [0.15, 0.2) is 0 Å². The van der Waals surface area contributed by atoms with E-state index in [4.69, 9.17) is 0 Å². The Hall–Kier alpha value is -1.65. The van der Waals surface area contributed by atoms with Crippen LogP contribution in [-0.2, 0) is 13.1 Å². The Morgan fingerprint density at radius 3 is 2.50 bits per heavy atom. The number of nitrogens with one attached hydrogen (secondary N) is 1. The van der Waals surface area contributed by atoms with Gasteiger partial charge in [-0.25, -0.2) is 0 Å². The van der Waals surface area contributed by atoms with Crippen LogP contribution in [0, 0.1) is 13.8 Å². The lowest BCUT2D eigenvalue weighted by Crippen LogP contribution is -2.27. The zero-order valence-corrected chi connectivity index (χ0v) is 14.0. The standard InChI is InChI=1S/C18H27N3O/c1-5-21-15(4)17(14(3)20-21)12-19-13(2)11-18(22)16-9-7-6-8-10-16/h6-10,13,18-19,22H,5,11-12H2,1-4H3. The Morgan fingerprint density at radius 2 is 1.91 bits per heavy atom. The molecule has 1 aromatic carbocycles. The van der Waals surface area contributed by atoms with Crippen LogP contribution in [0.4, 0.5) is 0 Å². The van der Waals surface area contributed by atoms with E-state index >= 15 is 0 Å². The van der Waals surface area contributed by atoms with Crippen LogP contribution in [0.25, 0.3) is 0 Å². The molecule has 120 valence electrons. The maximum absolute atomic E-state index is 10.3. The van der Waals surface area contributed by atoms with E-state index in [0.29, 0.717) is 6.42 Å². The van der Waals surface area contributed by atoms with Crippen LogP contribution in [0.1, 0.15) is 48.9 Å². The van der Waals surface area contributed by atoms with Gasteiger partial charge in [-0.3, -0.25) is 4.68 Å². The van der Waals surface area contributed by atoms with E-state index in [1.165, 1.54) is 11.3 Å². The molecule has 2 unspecified atom stereocenters. The largest absolute Gasteiger partial charge is 0.388 e. The number of rotatable bonds is 7. The van der Waals surface area contributed by atoms with Gasteiger partial charge in [0.25, 0.3) is 0 Å². The van der Waals surface area contributed by atoms with Crippen molar-refractivity contribution in [2.45, 2.75) is 59.4 Å². The molecule has 0 aliphatic heterocycles. The Bertz CT molecular complexity index is 592. The lowest BCUT2D eigenvalue weighted by molar-refractivity contribution is 0.154. The van der Waals surface area contributed by atoms with E-state index in [1.54, 1.807) is 0 Å². The predicted octanol–water partition coefficient (Wildman–Crippen LogP) is 3.12. The van der Waals surface area contributed by atoms with Gasteiger partial charge in [0.1, 0.15) is 0 Å². The second-order valence-electron chi connectivity index (χ2n) is 5.91. The number of aliphatic hydroxyl groups excluding tert-OH is 1. The lowest BCUT2D eigenvalue weighted by atomic mass is 10.0. The Labute approximate surface area is 133 Å². The van der Waals surface area contributed by atoms with E-state index in [2.05, 4.69) is 38.1 Å². The van der Waals surface area contributed by atoms with Crippen LogP contribution >= 0.6 is 0 Å². The highest BCUT2D eigenvalue weighted by Crippen LogP contribution is 2.18. The third-order valence-corrected chi connectivity index (χ3v) is 4.22. The lowest BCUT2D eigenvalue weighted by Gasteiger charge is -2.18. The molecule has 0 aliphatic rings. The highest BCUT2D eigenvalue weighted by atomic mass is 16.3. The predicted molar refractivity (Wildman–Crippen MR) is 89.7 cm³/mol. The van der Waals surface area contributed by atoms with E-state index < -0.39 is 6.10 Å². The fourth-order valence-electron chi connectivity index (χ4n) is 2.80. The van der Waals surface area contributed by atoms with Gasteiger partial charge in [0.05, 0.1) is 11.8 Å². The first kappa shape index (κ1) is 16.7. The van der Waals surface area contributed by atoms with Crippen molar-refractivity contribution in [2.75, 3.05) is 0 Å². The third kappa shape index (κ3) is 3.96. The van der Waals surface area contributed by atoms with Crippen LogP contribution in [0.15, 0.2) is 30.3 Å². The van der Waals surface area contributed by atoms with Gasteiger partial charge >= 0.3 is 0 Å². The molecule has 4 nitrogen and oxygen atoms in total. The summed E-state index contributed by atoms with van der Waals surface area (Å²) in [4.78, 5) is 0. The second kappa shape index (κ2) is 7.56. The van der Waals surface area contributed by atoms with Crippen LogP contribution in [0.3, 0.4) is 0 Å². The minimum Gasteiger partial charge on any atom is -0.388 e. The van der Waals surface area contributed by atoms with Gasteiger partial charge in [0.2, 0.25) is 0 Å². The number of nitrogens with zero attached hydrogens (tertiary/aromatic N) is 2. The maximum Gasteiger partial charge on any atom is 0.0804 e. The maximum atomic E-state index is 10.3. The van der Waals surface area contributed by atoms with Crippen molar-refractivity contribution in [3.8, 4) is 0 Å². The van der Waals surface area contributed by atoms with Crippen LogP contribution in [0.2, 0.25) is 0 Å². The van der Waals surface area contributed by atoms with Gasteiger partial charge in [-0.05, 0) is 39.7 Å². The zero-order valence-electron chi connectivity index (χ0n) is 14.0. The average Bonchev–Trinajstić information content (AvgIpc) is 2.80. The first-order chi connectivity index (χ1) is 10.5. The van der Waals surface area contributed by atoms with Gasteiger partial charge in [-0.1, -0.05) is 30.3 Å². The molecule has 0 bridgehead atoms. The molecule has 0 spiro atoms. The van der Waals surface area contributed by atoms with E-state index in [1.807, 2.05) is 35.0 Å². The molecule has 2 rings (SSSR count). The molecule has 0 saturated carbocycles. The van der Waals surface area contributed by atoms with Crippen molar-refractivity contribution in [3.63, 3.8) is 0 Å².